The first kappa shape index (κ1) is 11.8. The zero-order valence-electron chi connectivity index (χ0n) is 9.09. The molecule has 0 spiro atoms. The van der Waals surface area contributed by atoms with Crippen LogP contribution in [0.25, 0.3) is 10.4 Å². The molecule has 1 aliphatic carbocycles. The molecule has 0 atom stereocenters. The lowest BCUT2D eigenvalue weighted by atomic mass is 9.84. The Morgan fingerprint density at radius 1 is 1.47 bits per heavy atom. The van der Waals surface area contributed by atoms with Gasteiger partial charge in [-0.2, -0.15) is 0 Å². The molecule has 4 heteroatoms. The van der Waals surface area contributed by atoms with Gasteiger partial charge in [0.05, 0.1) is 0 Å². The fourth-order valence-electron chi connectivity index (χ4n) is 1.97. The molecule has 15 heavy (non-hydrogen) atoms. The van der Waals surface area contributed by atoms with Crippen molar-refractivity contribution in [1.29, 1.82) is 0 Å². The van der Waals surface area contributed by atoms with Gasteiger partial charge in [-0.1, -0.05) is 11.2 Å². The zero-order valence-corrected chi connectivity index (χ0v) is 9.09. The van der Waals surface area contributed by atoms with Crippen LogP contribution in [0.1, 0.15) is 39.0 Å². The smallest absolute Gasteiger partial charge is 0.145 e. The second kappa shape index (κ2) is 6.25. The first-order valence-electron chi connectivity index (χ1n) is 5.42. The normalized spacial score (nSPS) is 26.9. The van der Waals surface area contributed by atoms with Crippen LogP contribution in [0.4, 0.5) is 0 Å². The van der Waals surface area contributed by atoms with Gasteiger partial charge in [-0.3, -0.25) is 4.79 Å². The van der Waals surface area contributed by atoms with Crippen LogP contribution in [0.2, 0.25) is 0 Å². The monoisotopic (exact) mass is 207 g/mol. The van der Waals surface area contributed by atoms with Crippen molar-refractivity contribution in [1.82, 2.24) is 0 Å². The number of aldehydes is 1. The number of nitrogens with zero attached hydrogens (tertiary/aromatic N) is 3. The van der Waals surface area contributed by atoms with Gasteiger partial charge in [0.15, 0.2) is 0 Å². The highest BCUT2D eigenvalue weighted by atomic mass is 16.1. The number of rotatable bonds is 4. The lowest BCUT2D eigenvalue weighted by Crippen LogP contribution is -2.16. The van der Waals surface area contributed by atoms with Crippen LogP contribution < -0.4 is 0 Å². The third-order valence-electron chi connectivity index (χ3n) is 2.99. The summed E-state index contributed by atoms with van der Waals surface area (Å²) in [4.78, 5) is 13.2. The molecule has 0 aromatic rings. The van der Waals surface area contributed by atoms with E-state index in [1.54, 1.807) is 0 Å². The van der Waals surface area contributed by atoms with Crippen LogP contribution in [0.3, 0.4) is 0 Å². The lowest BCUT2D eigenvalue weighted by molar-refractivity contribution is -0.104. The summed E-state index contributed by atoms with van der Waals surface area (Å²) in [7, 11) is 0. The molecule has 82 valence electrons. The Hall–Kier alpha value is -1.28. The van der Waals surface area contributed by atoms with Crippen LogP contribution in [0.5, 0.6) is 0 Å². The van der Waals surface area contributed by atoms with Gasteiger partial charge in [-0.05, 0) is 56.0 Å². The zero-order chi connectivity index (χ0) is 11.1. The van der Waals surface area contributed by atoms with Gasteiger partial charge in [-0.15, -0.1) is 0 Å². The maximum atomic E-state index is 10.4. The van der Waals surface area contributed by atoms with E-state index < -0.39 is 0 Å². The van der Waals surface area contributed by atoms with Crippen molar-refractivity contribution in [3.05, 3.63) is 22.1 Å². The summed E-state index contributed by atoms with van der Waals surface area (Å²) in [5.41, 5.74) is 9.11. The second-order valence-corrected chi connectivity index (χ2v) is 4.18. The second-order valence-electron chi connectivity index (χ2n) is 4.18. The molecule has 0 aromatic carbocycles. The highest BCUT2D eigenvalue weighted by molar-refractivity contribution is 5.71. The van der Waals surface area contributed by atoms with Crippen molar-refractivity contribution >= 4 is 6.29 Å². The van der Waals surface area contributed by atoms with Gasteiger partial charge in [0.2, 0.25) is 0 Å². The van der Waals surface area contributed by atoms with E-state index in [2.05, 4.69) is 10.0 Å². The Balaban J connectivity index is 2.31. The SMILES string of the molecule is C/C(C=O)=C\C[C@H]1CC[C@H](N=[N+]=[N-])CC1. The first-order valence-corrected chi connectivity index (χ1v) is 5.42. The van der Waals surface area contributed by atoms with Gasteiger partial charge in [-0.25, -0.2) is 0 Å². The summed E-state index contributed by atoms with van der Waals surface area (Å²) in [5.74, 6) is 0.657. The molecule has 4 nitrogen and oxygen atoms in total. The Labute approximate surface area is 90.0 Å². The number of allylic oxidation sites excluding steroid dienone is 2. The summed E-state index contributed by atoms with van der Waals surface area (Å²) in [6, 6.07) is 0.197. The van der Waals surface area contributed by atoms with Crippen LogP contribution in [-0.2, 0) is 4.79 Å². The van der Waals surface area contributed by atoms with Crippen molar-refractivity contribution in [2.24, 2.45) is 11.0 Å². The fraction of sp³-hybridized carbons (Fsp3) is 0.727. The summed E-state index contributed by atoms with van der Waals surface area (Å²) in [6.45, 7) is 1.83. The van der Waals surface area contributed by atoms with Crippen LogP contribution in [-0.4, -0.2) is 12.3 Å². The van der Waals surface area contributed by atoms with E-state index in [-0.39, 0.29) is 6.04 Å². The van der Waals surface area contributed by atoms with E-state index in [4.69, 9.17) is 5.53 Å². The van der Waals surface area contributed by atoms with E-state index in [0.717, 1.165) is 44.0 Å². The molecule has 0 aromatic heterocycles. The maximum absolute atomic E-state index is 10.4. The van der Waals surface area contributed by atoms with Crippen LogP contribution >= 0.6 is 0 Å². The topological polar surface area (TPSA) is 65.8 Å². The van der Waals surface area contributed by atoms with Gasteiger partial charge >= 0.3 is 0 Å². The van der Waals surface area contributed by atoms with Crippen molar-refractivity contribution in [3.63, 3.8) is 0 Å². The van der Waals surface area contributed by atoms with Crippen LogP contribution in [0, 0.1) is 5.92 Å². The minimum absolute atomic E-state index is 0.197. The molecule has 0 radical (unpaired) electrons. The standard InChI is InChI=1S/C11H17N3O/c1-9(8-15)2-3-10-4-6-11(7-5-10)13-14-12/h2,8,10-11H,3-7H2,1H3/b9-2+/t10-,11-. The molecular weight excluding hydrogens is 190 g/mol. The quantitative estimate of drug-likeness (QED) is 0.229. The molecule has 0 saturated heterocycles. The molecule has 1 aliphatic rings. The number of azide groups is 1. The van der Waals surface area contributed by atoms with Gasteiger partial charge in [0, 0.05) is 11.0 Å². The summed E-state index contributed by atoms with van der Waals surface area (Å²) in [6.07, 6.45) is 8.06. The highest BCUT2D eigenvalue weighted by Gasteiger charge is 2.19. The van der Waals surface area contributed by atoms with Gasteiger partial charge in [0.1, 0.15) is 6.29 Å². The predicted octanol–water partition coefficient (Wildman–Crippen LogP) is 3.39. The fourth-order valence-corrected chi connectivity index (χ4v) is 1.97. The number of carbonyl (C=O) groups is 1. The minimum Gasteiger partial charge on any atom is -0.298 e. The Morgan fingerprint density at radius 2 is 2.13 bits per heavy atom. The van der Waals surface area contributed by atoms with E-state index in [9.17, 15) is 4.79 Å². The van der Waals surface area contributed by atoms with E-state index >= 15 is 0 Å². The molecule has 0 heterocycles. The summed E-state index contributed by atoms with van der Waals surface area (Å²) >= 11 is 0. The summed E-state index contributed by atoms with van der Waals surface area (Å²) < 4.78 is 0. The number of hydrogen-bond acceptors (Lipinski definition) is 2. The molecule has 1 rings (SSSR count). The Bertz CT molecular complexity index is 284. The van der Waals surface area contributed by atoms with Crippen molar-refractivity contribution < 1.29 is 4.79 Å². The van der Waals surface area contributed by atoms with E-state index in [1.807, 2.05) is 13.0 Å². The van der Waals surface area contributed by atoms with Crippen molar-refractivity contribution in [3.8, 4) is 0 Å². The van der Waals surface area contributed by atoms with Crippen LogP contribution in [0.15, 0.2) is 16.8 Å². The summed E-state index contributed by atoms with van der Waals surface area (Å²) in [5, 5.41) is 3.74. The molecule has 1 saturated carbocycles. The minimum atomic E-state index is 0.197. The average Bonchev–Trinajstić information content (AvgIpc) is 2.28. The first-order chi connectivity index (χ1) is 7.26. The molecule has 0 unspecified atom stereocenters. The van der Waals surface area contributed by atoms with Gasteiger partial charge < -0.3 is 0 Å². The molecule has 0 bridgehead atoms. The van der Waals surface area contributed by atoms with Gasteiger partial charge in [0.25, 0.3) is 0 Å². The Kier molecular flexibility index (Phi) is 4.91. The highest BCUT2D eigenvalue weighted by Crippen LogP contribution is 2.29. The molecule has 0 amide bonds. The largest absolute Gasteiger partial charge is 0.298 e. The average molecular weight is 207 g/mol. The third kappa shape index (κ3) is 4.17. The lowest BCUT2D eigenvalue weighted by Gasteiger charge is -2.24. The number of carbonyl (C=O) groups excluding carboxylic acids is 1. The number of hydrogen-bond donors (Lipinski definition) is 0. The third-order valence-corrected chi connectivity index (χ3v) is 2.99. The molecular formula is C11H17N3O. The molecule has 0 aliphatic heterocycles. The van der Waals surface area contributed by atoms with Crippen molar-refractivity contribution in [2.45, 2.75) is 45.1 Å². The maximum Gasteiger partial charge on any atom is 0.145 e. The van der Waals surface area contributed by atoms with Crippen molar-refractivity contribution in [2.75, 3.05) is 0 Å². The van der Waals surface area contributed by atoms with E-state index in [0.29, 0.717) is 5.92 Å². The Morgan fingerprint density at radius 3 is 2.67 bits per heavy atom. The predicted molar refractivity (Wildman–Crippen MR) is 59.3 cm³/mol. The van der Waals surface area contributed by atoms with E-state index in [1.165, 1.54) is 0 Å². The molecule has 0 N–H and O–H groups in total. The molecule has 1 fully saturated rings.